The molecule has 19 heavy (non-hydrogen) atoms. The summed E-state index contributed by atoms with van der Waals surface area (Å²) in [6, 6.07) is 10.5. The molecule has 0 atom stereocenters. The Morgan fingerprint density at radius 3 is 2.68 bits per heavy atom. The highest BCUT2D eigenvalue weighted by Gasteiger charge is 1.97. The molecule has 2 nitrogen and oxygen atoms in total. The number of carbonyl (C=O) groups excluding carboxylic acids is 1. The van der Waals surface area contributed by atoms with Crippen molar-refractivity contribution >= 4 is 5.78 Å². The van der Waals surface area contributed by atoms with Gasteiger partial charge in [-0.1, -0.05) is 43.3 Å². The summed E-state index contributed by atoms with van der Waals surface area (Å²) in [6.45, 7) is 3.31. The molecular formula is C17H24O2. The fourth-order valence-corrected chi connectivity index (χ4v) is 1.79. The summed E-state index contributed by atoms with van der Waals surface area (Å²) < 4.78 is 5.47. The number of aryl methyl sites for hydroxylation is 1. The van der Waals surface area contributed by atoms with Crippen LogP contribution in [0.25, 0.3) is 0 Å². The second-order valence-electron chi connectivity index (χ2n) is 4.58. The van der Waals surface area contributed by atoms with Gasteiger partial charge in [-0.3, -0.25) is 4.79 Å². The van der Waals surface area contributed by atoms with Crippen molar-refractivity contribution in [1.82, 2.24) is 0 Å². The minimum absolute atomic E-state index is 0.158. The van der Waals surface area contributed by atoms with E-state index in [0.29, 0.717) is 13.0 Å². The molecule has 104 valence electrons. The normalized spacial score (nSPS) is 11.0. The van der Waals surface area contributed by atoms with E-state index in [1.165, 1.54) is 5.56 Å². The summed E-state index contributed by atoms with van der Waals surface area (Å²) in [5, 5.41) is 0. The van der Waals surface area contributed by atoms with E-state index in [0.717, 1.165) is 32.3 Å². The zero-order valence-corrected chi connectivity index (χ0v) is 11.8. The maximum atomic E-state index is 11.3. The van der Waals surface area contributed by atoms with Crippen molar-refractivity contribution in [2.24, 2.45) is 0 Å². The summed E-state index contributed by atoms with van der Waals surface area (Å²) in [7, 11) is 0. The maximum Gasteiger partial charge on any atom is 0.157 e. The average molecular weight is 260 g/mol. The van der Waals surface area contributed by atoms with Crippen LogP contribution < -0.4 is 0 Å². The lowest BCUT2D eigenvalue weighted by Crippen LogP contribution is -2.03. The smallest absolute Gasteiger partial charge is 0.157 e. The molecule has 0 amide bonds. The summed E-state index contributed by atoms with van der Waals surface area (Å²) in [5.41, 5.74) is 1.38. The third-order valence-electron chi connectivity index (χ3n) is 2.88. The Kier molecular flexibility index (Phi) is 8.65. The Morgan fingerprint density at radius 1 is 1.16 bits per heavy atom. The molecular weight excluding hydrogens is 236 g/mol. The molecule has 0 bridgehead atoms. The lowest BCUT2D eigenvalue weighted by molar-refractivity contribution is -0.115. The van der Waals surface area contributed by atoms with Crippen molar-refractivity contribution < 1.29 is 9.53 Å². The van der Waals surface area contributed by atoms with Gasteiger partial charge in [0.1, 0.15) is 0 Å². The van der Waals surface area contributed by atoms with Crippen LogP contribution in [0.3, 0.4) is 0 Å². The Hall–Kier alpha value is -1.41. The number of ketones is 1. The second-order valence-corrected chi connectivity index (χ2v) is 4.58. The fraction of sp³-hybridized carbons (Fsp3) is 0.471. The number of hydrogen-bond acceptors (Lipinski definition) is 2. The SMILES string of the molecule is CCC=CC(=O)CCOCCCCc1ccccc1. The third-order valence-corrected chi connectivity index (χ3v) is 2.88. The molecule has 0 aromatic heterocycles. The van der Waals surface area contributed by atoms with Crippen LogP contribution in [0.4, 0.5) is 0 Å². The molecule has 0 saturated heterocycles. The number of benzene rings is 1. The topological polar surface area (TPSA) is 26.3 Å². The van der Waals surface area contributed by atoms with E-state index >= 15 is 0 Å². The Labute approximate surface area is 116 Å². The van der Waals surface area contributed by atoms with E-state index < -0.39 is 0 Å². The predicted molar refractivity (Wildman–Crippen MR) is 79.3 cm³/mol. The molecule has 0 aliphatic heterocycles. The zero-order valence-electron chi connectivity index (χ0n) is 11.8. The molecule has 0 aliphatic rings. The minimum atomic E-state index is 0.158. The standard InChI is InChI=1S/C17H24O2/c1-2-3-12-17(18)13-15-19-14-8-7-11-16-9-5-4-6-10-16/h3-6,9-10,12H,2,7-8,11,13-15H2,1H3. The summed E-state index contributed by atoms with van der Waals surface area (Å²) in [4.78, 5) is 11.3. The number of hydrogen-bond donors (Lipinski definition) is 0. The van der Waals surface area contributed by atoms with Gasteiger partial charge in [-0.05, 0) is 37.3 Å². The maximum absolute atomic E-state index is 11.3. The van der Waals surface area contributed by atoms with Crippen molar-refractivity contribution in [1.29, 1.82) is 0 Å². The third kappa shape index (κ3) is 8.33. The van der Waals surface area contributed by atoms with E-state index in [1.54, 1.807) is 6.08 Å². The summed E-state index contributed by atoms with van der Waals surface area (Å²) >= 11 is 0. The lowest BCUT2D eigenvalue weighted by Gasteiger charge is -2.03. The van der Waals surface area contributed by atoms with Gasteiger partial charge in [0.2, 0.25) is 0 Å². The van der Waals surface area contributed by atoms with E-state index in [1.807, 2.05) is 19.1 Å². The molecule has 0 spiro atoms. The van der Waals surface area contributed by atoms with Gasteiger partial charge >= 0.3 is 0 Å². The molecule has 1 rings (SSSR count). The first-order chi connectivity index (χ1) is 9.33. The average Bonchev–Trinajstić information content (AvgIpc) is 2.45. The van der Waals surface area contributed by atoms with Crippen molar-refractivity contribution in [3.63, 3.8) is 0 Å². The van der Waals surface area contributed by atoms with Gasteiger partial charge in [0, 0.05) is 13.0 Å². The Balaban J connectivity index is 1.94. The van der Waals surface area contributed by atoms with Gasteiger partial charge < -0.3 is 4.74 Å². The number of ether oxygens (including phenoxy) is 1. The largest absolute Gasteiger partial charge is 0.381 e. The molecule has 0 fully saturated rings. The highest BCUT2D eigenvalue weighted by molar-refractivity contribution is 5.89. The molecule has 1 aromatic carbocycles. The Bertz CT molecular complexity index is 368. The minimum Gasteiger partial charge on any atom is -0.381 e. The van der Waals surface area contributed by atoms with Gasteiger partial charge in [-0.15, -0.1) is 0 Å². The van der Waals surface area contributed by atoms with Gasteiger partial charge in [0.15, 0.2) is 5.78 Å². The zero-order chi connectivity index (χ0) is 13.8. The number of carbonyl (C=O) groups is 1. The molecule has 1 aromatic rings. The fourth-order valence-electron chi connectivity index (χ4n) is 1.79. The lowest BCUT2D eigenvalue weighted by atomic mass is 10.1. The Morgan fingerprint density at radius 2 is 1.95 bits per heavy atom. The van der Waals surface area contributed by atoms with Crippen molar-refractivity contribution in [3.8, 4) is 0 Å². The van der Waals surface area contributed by atoms with Crippen LogP contribution in [-0.4, -0.2) is 19.0 Å². The molecule has 0 unspecified atom stereocenters. The highest BCUT2D eigenvalue weighted by Crippen LogP contribution is 2.04. The van der Waals surface area contributed by atoms with Crippen LogP contribution >= 0.6 is 0 Å². The van der Waals surface area contributed by atoms with Crippen molar-refractivity contribution in [3.05, 3.63) is 48.0 Å². The monoisotopic (exact) mass is 260 g/mol. The molecule has 0 aliphatic carbocycles. The summed E-state index contributed by atoms with van der Waals surface area (Å²) in [6.07, 6.45) is 8.23. The summed E-state index contributed by atoms with van der Waals surface area (Å²) in [5.74, 6) is 0.158. The van der Waals surface area contributed by atoms with E-state index in [-0.39, 0.29) is 5.78 Å². The number of unbranched alkanes of at least 4 members (excludes halogenated alkanes) is 1. The van der Waals surface area contributed by atoms with Crippen LogP contribution in [0.1, 0.15) is 38.2 Å². The molecule has 0 N–H and O–H groups in total. The predicted octanol–water partition coefficient (Wildman–Crippen LogP) is 3.95. The van der Waals surface area contributed by atoms with Gasteiger partial charge in [0.05, 0.1) is 6.61 Å². The van der Waals surface area contributed by atoms with Crippen molar-refractivity contribution in [2.45, 2.75) is 39.0 Å². The van der Waals surface area contributed by atoms with E-state index in [4.69, 9.17) is 4.74 Å². The highest BCUT2D eigenvalue weighted by atomic mass is 16.5. The van der Waals surface area contributed by atoms with E-state index in [9.17, 15) is 4.79 Å². The van der Waals surface area contributed by atoms with Crippen LogP contribution in [0.2, 0.25) is 0 Å². The van der Waals surface area contributed by atoms with E-state index in [2.05, 4.69) is 24.3 Å². The first-order valence-electron chi connectivity index (χ1n) is 7.14. The second kappa shape index (κ2) is 10.5. The van der Waals surface area contributed by atoms with Crippen LogP contribution in [-0.2, 0) is 16.0 Å². The van der Waals surface area contributed by atoms with Crippen molar-refractivity contribution in [2.75, 3.05) is 13.2 Å². The molecule has 2 heteroatoms. The molecule has 0 radical (unpaired) electrons. The van der Waals surface area contributed by atoms with Gasteiger partial charge in [-0.2, -0.15) is 0 Å². The van der Waals surface area contributed by atoms with Gasteiger partial charge in [-0.25, -0.2) is 0 Å². The number of allylic oxidation sites excluding steroid dienone is 2. The van der Waals surface area contributed by atoms with Crippen LogP contribution in [0.5, 0.6) is 0 Å². The van der Waals surface area contributed by atoms with Gasteiger partial charge in [0.25, 0.3) is 0 Å². The van der Waals surface area contributed by atoms with Crippen LogP contribution in [0.15, 0.2) is 42.5 Å². The first-order valence-corrected chi connectivity index (χ1v) is 7.14. The molecule has 0 heterocycles. The van der Waals surface area contributed by atoms with Crippen LogP contribution in [0, 0.1) is 0 Å². The number of rotatable bonds is 10. The quantitative estimate of drug-likeness (QED) is 0.470. The first kappa shape index (κ1) is 15.6. The molecule has 0 saturated carbocycles.